The summed E-state index contributed by atoms with van der Waals surface area (Å²) >= 11 is 0. The van der Waals surface area contributed by atoms with E-state index in [0.29, 0.717) is 28.2 Å². The fourth-order valence-corrected chi connectivity index (χ4v) is 6.09. The van der Waals surface area contributed by atoms with Crippen LogP contribution in [0, 0.1) is 27.2 Å². The van der Waals surface area contributed by atoms with E-state index in [1.54, 1.807) is 67.6 Å². The molecule has 0 amide bonds. The van der Waals surface area contributed by atoms with Crippen LogP contribution >= 0.6 is 0 Å². The predicted octanol–water partition coefficient (Wildman–Crippen LogP) is 0.0249. The number of azo groups is 2. The molecule has 7 aromatic rings. The Kier molecular flexibility index (Phi) is 16.4. The first-order valence-corrected chi connectivity index (χ1v) is 17.2. The monoisotopic (exact) mass is 871 g/mol. The number of aromatic nitrogens is 2. The molecule has 0 fully saturated rings. The average molecular weight is 872 g/mol. The normalized spacial score (nSPS) is 11.0. The summed E-state index contributed by atoms with van der Waals surface area (Å²) in [6.07, 6.45) is 0. The van der Waals surface area contributed by atoms with E-state index in [2.05, 4.69) is 25.6 Å². The molecular formula is C36H21CrN8Na2O11S. The van der Waals surface area contributed by atoms with Crippen LogP contribution in [-0.2, 0) is 27.5 Å². The molecule has 6 aromatic carbocycles. The minimum Gasteiger partial charge on any atom is -0.872 e. The molecule has 59 heavy (non-hydrogen) atoms. The van der Waals surface area contributed by atoms with Gasteiger partial charge in [0.2, 0.25) is 0 Å². The van der Waals surface area contributed by atoms with Crippen LogP contribution in [0.1, 0.15) is 5.69 Å². The third-order valence-electron chi connectivity index (χ3n) is 8.00. The number of benzene rings is 6. The second-order valence-electron chi connectivity index (χ2n) is 11.6. The maximum atomic E-state index is 12.5. The Morgan fingerprint density at radius 3 is 1.92 bits per heavy atom. The van der Waals surface area contributed by atoms with Gasteiger partial charge in [-0.05, 0) is 42.6 Å². The molecule has 0 aliphatic heterocycles. The van der Waals surface area contributed by atoms with E-state index in [-0.39, 0.29) is 116 Å². The van der Waals surface area contributed by atoms with Gasteiger partial charge in [0.1, 0.15) is 15.8 Å². The van der Waals surface area contributed by atoms with Crippen LogP contribution in [0.4, 0.5) is 34.1 Å². The first-order chi connectivity index (χ1) is 26.6. The molecule has 0 bridgehead atoms. The zero-order valence-electron chi connectivity index (χ0n) is 30.8. The predicted molar refractivity (Wildman–Crippen MR) is 190 cm³/mol. The summed E-state index contributed by atoms with van der Waals surface area (Å²) in [5.74, 6) is -2.34. The van der Waals surface area contributed by atoms with E-state index in [1.165, 1.54) is 10.7 Å². The maximum Gasteiger partial charge on any atom is 3.00 e. The van der Waals surface area contributed by atoms with Crippen molar-refractivity contribution >= 4 is 65.8 Å². The van der Waals surface area contributed by atoms with E-state index in [9.17, 15) is 53.6 Å². The van der Waals surface area contributed by atoms with Crippen LogP contribution in [-0.4, -0.2) is 32.6 Å². The molecule has 1 heterocycles. The van der Waals surface area contributed by atoms with Crippen LogP contribution in [0.15, 0.2) is 135 Å². The number of hydrogen-bond donors (Lipinski definition) is 0. The summed E-state index contributed by atoms with van der Waals surface area (Å²) in [5.41, 5.74) is -0.627. The molecule has 19 nitrogen and oxygen atoms in total. The third kappa shape index (κ3) is 10.7. The van der Waals surface area contributed by atoms with Crippen molar-refractivity contribution < 1.29 is 120 Å². The van der Waals surface area contributed by atoms with Crippen molar-refractivity contribution in [3.05, 3.63) is 135 Å². The first-order valence-electron chi connectivity index (χ1n) is 15.8. The van der Waals surface area contributed by atoms with Gasteiger partial charge < -0.3 is 25.0 Å². The Morgan fingerprint density at radius 2 is 1.27 bits per heavy atom. The second kappa shape index (κ2) is 20.1. The standard InChI is InChI=1S/C20H13N3O7S.C16H13N5O4.Cr.2Na/c24-16-8-5-11-3-1-2-4-13(11)19(16)21-22-20-14-7-6-12(23(26)27)9-15(14)18(10-17(20)25)31(28,29)30;1-10-15(16(23)20(19-10)11-5-3-2-4-6-11)18-17-13-9-12(22)7-8-14(13)21(24)25;;;/h1-10,24-25H,(H,28,29,30);2-9,22-23H,1H3;;;/q;;+3;2*+1/p-5. The topological polar surface area (TPSA) is 303 Å². The van der Waals surface area contributed by atoms with Gasteiger partial charge in [0.25, 0.3) is 11.4 Å². The SMILES string of the molecule is Cc1nn(-c2ccccc2)c([O-])c1N=Nc1cc([O-])ccc1[N+](=O)[O-].O=[N+]([O-])c1ccc2c(N=Nc3c([O-])ccc4ccccc34)c([O-])cc(S(=O)(=O)[O-])c2c1.[Cr+3].[Na+].[Na+]. The molecule has 0 unspecified atom stereocenters. The third-order valence-corrected chi connectivity index (χ3v) is 8.88. The number of aryl methyl sites for hydroxylation is 1. The van der Waals surface area contributed by atoms with Gasteiger partial charge in [0.15, 0.2) is 5.69 Å². The number of para-hydroxylation sites is 1. The van der Waals surface area contributed by atoms with Gasteiger partial charge in [0, 0.05) is 40.2 Å². The summed E-state index contributed by atoms with van der Waals surface area (Å²) in [4.78, 5) is 19.7. The number of non-ortho nitro benzene ring substituents is 1. The zero-order chi connectivity index (χ0) is 40.3. The second-order valence-corrected chi connectivity index (χ2v) is 12.9. The van der Waals surface area contributed by atoms with Gasteiger partial charge in [-0.15, -0.1) is 16.0 Å². The van der Waals surface area contributed by atoms with Gasteiger partial charge in [-0.2, -0.15) is 15.3 Å². The Balaban J connectivity index is 0.000000306. The van der Waals surface area contributed by atoms with Gasteiger partial charge in [-0.25, -0.2) is 13.1 Å². The molecule has 0 spiro atoms. The molecular weight excluding hydrogens is 850 g/mol. The molecule has 7 rings (SSSR count). The van der Waals surface area contributed by atoms with Crippen molar-refractivity contribution in [3.63, 3.8) is 0 Å². The molecule has 1 radical (unpaired) electrons. The van der Waals surface area contributed by atoms with Crippen LogP contribution in [0.2, 0.25) is 0 Å². The number of hydrogen-bond acceptors (Lipinski definition) is 16. The molecule has 0 saturated heterocycles. The van der Waals surface area contributed by atoms with E-state index < -0.39 is 53.7 Å². The number of nitro benzene ring substituents is 2. The van der Waals surface area contributed by atoms with Crippen molar-refractivity contribution in [1.82, 2.24) is 9.78 Å². The van der Waals surface area contributed by atoms with Gasteiger partial charge in [-0.1, -0.05) is 72.2 Å². The van der Waals surface area contributed by atoms with Crippen LogP contribution in [0.3, 0.4) is 0 Å². The van der Waals surface area contributed by atoms with Crippen molar-refractivity contribution in [1.29, 1.82) is 0 Å². The molecule has 285 valence electrons. The molecule has 0 aliphatic carbocycles. The van der Waals surface area contributed by atoms with E-state index in [0.717, 1.165) is 36.4 Å². The van der Waals surface area contributed by atoms with Gasteiger partial charge in [0.05, 0.1) is 37.5 Å². The van der Waals surface area contributed by atoms with Crippen LogP contribution in [0.5, 0.6) is 23.1 Å². The molecule has 0 saturated carbocycles. The Bertz CT molecular complexity index is 2880. The summed E-state index contributed by atoms with van der Waals surface area (Å²) in [6.45, 7) is 1.58. The maximum absolute atomic E-state index is 12.5. The summed E-state index contributed by atoms with van der Waals surface area (Å²) in [6, 6.07) is 25.2. The minimum absolute atomic E-state index is 0. The van der Waals surface area contributed by atoms with E-state index in [4.69, 9.17) is 0 Å². The zero-order valence-corrected chi connectivity index (χ0v) is 36.9. The van der Waals surface area contributed by atoms with Crippen molar-refractivity contribution in [2.75, 3.05) is 0 Å². The van der Waals surface area contributed by atoms with E-state index in [1.807, 2.05) is 0 Å². The Hall–Kier alpha value is -5.31. The molecule has 0 atom stereocenters. The summed E-state index contributed by atoms with van der Waals surface area (Å²) in [7, 11) is -5.11. The number of fused-ring (bicyclic) bond motifs is 2. The number of nitro groups is 2. The Labute approximate surface area is 388 Å². The minimum atomic E-state index is -5.11. The fraction of sp³-hybridized carbons (Fsp3) is 0.0278. The summed E-state index contributed by atoms with van der Waals surface area (Å²) < 4.78 is 36.0. The Morgan fingerprint density at radius 1 is 0.644 bits per heavy atom. The van der Waals surface area contributed by atoms with Crippen molar-refractivity contribution in [3.8, 4) is 28.8 Å². The smallest absolute Gasteiger partial charge is 0.872 e. The van der Waals surface area contributed by atoms with Crippen molar-refractivity contribution in [2.45, 2.75) is 11.8 Å². The summed E-state index contributed by atoms with van der Waals surface area (Å²) in [5, 5.41) is 90.9. The average Bonchev–Trinajstić information content (AvgIpc) is 3.45. The molecule has 1 aromatic heterocycles. The molecule has 0 N–H and O–H groups in total. The van der Waals surface area contributed by atoms with Gasteiger partial charge in [-0.3, -0.25) is 20.2 Å². The van der Waals surface area contributed by atoms with Crippen molar-refractivity contribution in [2.24, 2.45) is 20.5 Å². The number of rotatable bonds is 8. The van der Waals surface area contributed by atoms with Crippen LogP contribution in [0.25, 0.3) is 27.2 Å². The first kappa shape index (κ1) is 48.1. The quantitative estimate of drug-likeness (QED) is 0.0642. The largest absolute Gasteiger partial charge is 3.00 e. The molecule has 23 heteroatoms. The van der Waals surface area contributed by atoms with Crippen LogP contribution < -0.4 is 79.5 Å². The number of nitrogens with zero attached hydrogens (tertiary/aromatic N) is 8. The fourth-order valence-electron chi connectivity index (χ4n) is 5.40. The van der Waals surface area contributed by atoms with E-state index >= 15 is 0 Å². The van der Waals surface area contributed by atoms with Gasteiger partial charge >= 0.3 is 76.5 Å². The molecule has 0 aliphatic rings.